The van der Waals surface area contributed by atoms with Gasteiger partial charge in [-0.3, -0.25) is 19.2 Å². The number of ketones is 1. The van der Waals surface area contributed by atoms with Crippen LogP contribution in [0.2, 0.25) is 0 Å². The summed E-state index contributed by atoms with van der Waals surface area (Å²) in [4.78, 5) is 56.8. The lowest BCUT2D eigenvalue weighted by Gasteiger charge is -2.36. The van der Waals surface area contributed by atoms with E-state index in [0.717, 1.165) is 45.2 Å². The summed E-state index contributed by atoms with van der Waals surface area (Å²) in [5, 5.41) is 5.64. The van der Waals surface area contributed by atoms with Gasteiger partial charge in [0.15, 0.2) is 5.78 Å². The number of piperazine rings is 1. The molecule has 9 nitrogen and oxygen atoms in total. The van der Waals surface area contributed by atoms with Crippen LogP contribution < -0.4 is 10.6 Å². The van der Waals surface area contributed by atoms with Crippen molar-refractivity contribution in [3.05, 3.63) is 53.6 Å². The number of nitrogens with zero attached hydrogens (tertiary/aromatic N) is 3. The lowest BCUT2D eigenvalue weighted by Crippen LogP contribution is -2.55. The number of hydrogen-bond acceptors (Lipinski definition) is 5. The molecule has 1 aliphatic heterocycles. The van der Waals surface area contributed by atoms with Crippen LogP contribution in [0.5, 0.6) is 0 Å². The van der Waals surface area contributed by atoms with Crippen molar-refractivity contribution in [2.75, 3.05) is 38.5 Å². The molecule has 1 saturated carbocycles. The molecule has 2 aliphatic rings. The number of carbonyl (C=O) groups excluding carboxylic acids is 4. The fraction of sp³-hybridized carbons (Fsp3) is 0.588. The molecule has 3 atom stereocenters. The Morgan fingerprint density at radius 2 is 1.70 bits per heavy atom. The molecule has 1 aromatic carbocycles. The summed E-state index contributed by atoms with van der Waals surface area (Å²) in [5.41, 5.74) is 1.17. The topological polar surface area (TPSA) is 104 Å². The first-order valence-corrected chi connectivity index (χ1v) is 16.2. The smallest absolute Gasteiger partial charge is 0.245 e. The van der Waals surface area contributed by atoms with E-state index in [1.165, 1.54) is 12.1 Å². The van der Waals surface area contributed by atoms with Crippen molar-refractivity contribution < 1.29 is 23.6 Å². The minimum absolute atomic E-state index is 0.0377. The average molecular weight is 610 g/mol. The molecule has 1 aromatic heterocycles. The fourth-order valence-electron chi connectivity index (χ4n) is 6.49. The van der Waals surface area contributed by atoms with E-state index in [-0.39, 0.29) is 48.0 Å². The molecule has 0 radical (unpaired) electrons. The highest BCUT2D eigenvalue weighted by atomic mass is 19.1. The molecular weight excluding hydrogens is 561 g/mol. The number of amides is 3. The third-order valence-corrected chi connectivity index (χ3v) is 9.41. The molecule has 0 unspecified atom stereocenters. The van der Waals surface area contributed by atoms with Gasteiger partial charge in [-0.1, -0.05) is 39.2 Å². The Balaban J connectivity index is 1.51. The van der Waals surface area contributed by atoms with Crippen molar-refractivity contribution in [3.63, 3.8) is 0 Å². The molecule has 44 heavy (non-hydrogen) atoms. The molecule has 1 saturated heterocycles. The largest absolute Gasteiger partial charge is 0.345 e. The Kier molecular flexibility index (Phi) is 11.7. The van der Waals surface area contributed by atoms with E-state index in [4.69, 9.17) is 0 Å². The number of aromatic nitrogens is 1. The quantitative estimate of drug-likeness (QED) is 0.336. The van der Waals surface area contributed by atoms with E-state index in [1.807, 2.05) is 30.8 Å². The van der Waals surface area contributed by atoms with Gasteiger partial charge >= 0.3 is 0 Å². The van der Waals surface area contributed by atoms with E-state index < -0.39 is 23.7 Å². The number of anilines is 1. The predicted octanol–water partition coefficient (Wildman–Crippen LogP) is 4.83. The van der Waals surface area contributed by atoms with Gasteiger partial charge in [0, 0.05) is 63.6 Å². The van der Waals surface area contributed by atoms with Crippen LogP contribution in [0.25, 0.3) is 0 Å². The van der Waals surface area contributed by atoms with Crippen LogP contribution >= 0.6 is 0 Å². The molecule has 1 aliphatic carbocycles. The average Bonchev–Trinajstić information content (AvgIpc) is 3.52. The summed E-state index contributed by atoms with van der Waals surface area (Å²) < 4.78 is 17.5. The lowest BCUT2D eigenvalue weighted by molar-refractivity contribution is -0.138. The van der Waals surface area contributed by atoms with Crippen LogP contribution in [0.4, 0.5) is 10.1 Å². The van der Waals surface area contributed by atoms with E-state index in [9.17, 15) is 19.2 Å². The van der Waals surface area contributed by atoms with Gasteiger partial charge in [-0.05, 0) is 62.6 Å². The maximum atomic E-state index is 15.6. The van der Waals surface area contributed by atoms with Gasteiger partial charge in [0.2, 0.25) is 17.7 Å². The number of hydrogen-bond donors (Lipinski definition) is 2. The van der Waals surface area contributed by atoms with E-state index >= 15 is 4.39 Å². The van der Waals surface area contributed by atoms with Gasteiger partial charge < -0.3 is 25.0 Å². The van der Waals surface area contributed by atoms with Crippen molar-refractivity contribution in [1.82, 2.24) is 19.7 Å². The maximum Gasteiger partial charge on any atom is 0.245 e. The van der Waals surface area contributed by atoms with Crippen LogP contribution in [-0.2, 0) is 20.9 Å². The Labute approximate surface area is 260 Å². The first-order chi connectivity index (χ1) is 21.1. The molecule has 3 amide bonds. The number of aryl methyl sites for hydroxylation is 1. The second-order valence-corrected chi connectivity index (χ2v) is 12.4. The first kappa shape index (κ1) is 33.4. The molecule has 2 N–H and O–H groups in total. The van der Waals surface area contributed by atoms with Gasteiger partial charge in [-0.25, -0.2) is 4.39 Å². The van der Waals surface area contributed by atoms with Gasteiger partial charge in [0.1, 0.15) is 11.9 Å². The normalized spacial score (nSPS) is 18.3. The zero-order valence-corrected chi connectivity index (χ0v) is 26.6. The third-order valence-electron chi connectivity index (χ3n) is 9.41. The van der Waals surface area contributed by atoms with Gasteiger partial charge in [0.05, 0.1) is 11.4 Å². The van der Waals surface area contributed by atoms with Gasteiger partial charge in [0.25, 0.3) is 0 Å². The standard InChI is InChI=1S/C34H48FN5O4/c1-5-31(42)37-32(34(44)40-19-17-38(4)18-20-40)23(3)25-14-15-28(27(35)21-25)36-33(43)26(24-11-8-7-9-12-24)22-30(41)29-13-10-16-39(29)6-2/h10,13-16,21,23-24,26,32H,5-9,11-12,17-20,22H2,1-4H3,(H,36,43)(H,37,42)/t23-,26-,32+/m0/s1. The number of nitrogens with one attached hydrogen (secondary N) is 2. The molecule has 10 heteroatoms. The second kappa shape index (κ2) is 15.5. The molecule has 2 aromatic rings. The minimum Gasteiger partial charge on any atom is -0.345 e. The predicted molar refractivity (Wildman–Crippen MR) is 169 cm³/mol. The zero-order chi connectivity index (χ0) is 31.8. The van der Waals surface area contributed by atoms with Crippen LogP contribution in [0.3, 0.4) is 0 Å². The number of rotatable bonds is 12. The highest BCUT2D eigenvalue weighted by Gasteiger charge is 2.35. The molecule has 2 fully saturated rings. The first-order valence-electron chi connectivity index (χ1n) is 16.2. The Morgan fingerprint density at radius 1 is 1.00 bits per heavy atom. The van der Waals surface area contributed by atoms with E-state index in [1.54, 1.807) is 30.9 Å². The Morgan fingerprint density at radius 3 is 2.34 bits per heavy atom. The number of benzene rings is 1. The molecule has 0 spiro atoms. The molecule has 2 heterocycles. The second-order valence-electron chi connectivity index (χ2n) is 12.4. The minimum atomic E-state index is -0.838. The molecular formula is C34H48FN5O4. The van der Waals surface area contributed by atoms with Crippen LogP contribution in [0.1, 0.15) is 87.7 Å². The van der Waals surface area contributed by atoms with Crippen molar-refractivity contribution in [1.29, 1.82) is 0 Å². The molecule has 240 valence electrons. The zero-order valence-electron chi connectivity index (χ0n) is 26.6. The Hall–Kier alpha value is -3.53. The summed E-state index contributed by atoms with van der Waals surface area (Å²) in [6.07, 6.45) is 7.03. The summed E-state index contributed by atoms with van der Waals surface area (Å²) in [5.74, 6) is -2.49. The van der Waals surface area contributed by atoms with Crippen molar-refractivity contribution in [2.45, 2.75) is 84.2 Å². The number of likely N-dealkylation sites (N-methyl/N-ethyl adjacent to an activating group) is 1. The van der Waals surface area contributed by atoms with Crippen molar-refractivity contribution >= 4 is 29.2 Å². The summed E-state index contributed by atoms with van der Waals surface area (Å²) in [7, 11) is 2.00. The number of Topliss-reactive ketones (excluding diaryl/α,β-unsaturated/α-hetero) is 1. The van der Waals surface area contributed by atoms with Crippen LogP contribution in [0.15, 0.2) is 36.5 Å². The SMILES string of the molecule is CCC(=O)N[C@@H](C(=O)N1CCN(C)CC1)[C@@H](C)c1ccc(NC(=O)[C@@H](CC(=O)c2cccn2CC)C2CCCCC2)c(F)c1. The van der Waals surface area contributed by atoms with Crippen LogP contribution in [-0.4, -0.2) is 77.1 Å². The van der Waals surface area contributed by atoms with Gasteiger partial charge in [-0.15, -0.1) is 0 Å². The van der Waals surface area contributed by atoms with Crippen molar-refractivity contribution in [3.8, 4) is 0 Å². The van der Waals surface area contributed by atoms with E-state index in [2.05, 4.69) is 15.5 Å². The number of halogens is 1. The molecule has 0 bridgehead atoms. The summed E-state index contributed by atoms with van der Waals surface area (Å²) in [6.45, 7) is 8.78. The monoisotopic (exact) mass is 609 g/mol. The van der Waals surface area contributed by atoms with E-state index in [0.29, 0.717) is 30.9 Å². The highest BCUT2D eigenvalue weighted by Crippen LogP contribution is 2.34. The number of carbonyl (C=O) groups is 4. The lowest BCUT2D eigenvalue weighted by atomic mass is 9.77. The van der Waals surface area contributed by atoms with Gasteiger partial charge in [-0.2, -0.15) is 0 Å². The summed E-state index contributed by atoms with van der Waals surface area (Å²) in [6, 6.07) is 7.32. The van der Waals surface area contributed by atoms with Crippen molar-refractivity contribution in [2.24, 2.45) is 11.8 Å². The molecule has 4 rings (SSSR count). The third kappa shape index (κ3) is 8.14. The highest BCUT2D eigenvalue weighted by molar-refractivity contribution is 6.00. The fourth-order valence-corrected chi connectivity index (χ4v) is 6.49. The van der Waals surface area contributed by atoms with Crippen LogP contribution in [0, 0.1) is 17.7 Å². The Bertz CT molecular complexity index is 1310. The summed E-state index contributed by atoms with van der Waals surface area (Å²) >= 11 is 0. The maximum absolute atomic E-state index is 15.6.